The molecule has 0 heterocycles. The van der Waals surface area contributed by atoms with Gasteiger partial charge in [-0.2, -0.15) is 0 Å². The number of ether oxygens (including phenoxy) is 1. The van der Waals surface area contributed by atoms with E-state index in [2.05, 4.69) is 12.0 Å². The Labute approximate surface area is 73.4 Å². The van der Waals surface area contributed by atoms with Gasteiger partial charge in [-0.15, -0.1) is 12.3 Å². The first-order chi connectivity index (χ1) is 5.76. The van der Waals surface area contributed by atoms with Crippen molar-refractivity contribution in [1.29, 1.82) is 0 Å². The molecule has 0 aliphatic carbocycles. The molecule has 1 aromatic carbocycles. The van der Waals surface area contributed by atoms with Crippen LogP contribution >= 0.6 is 0 Å². The zero-order valence-corrected chi connectivity index (χ0v) is 7.42. The second kappa shape index (κ2) is 3.82. The van der Waals surface area contributed by atoms with E-state index in [4.69, 9.17) is 11.2 Å². The van der Waals surface area contributed by atoms with Gasteiger partial charge in [0.05, 0.1) is 7.11 Å². The molecule has 0 radical (unpaired) electrons. The summed E-state index contributed by atoms with van der Waals surface area (Å²) in [5.74, 6) is 3.48. The highest BCUT2D eigenvalue weighted by molar-refractivity contribution is 5.35. The van der Waals surface area contributed by atoms with Gasteiger partial charge in [-0.05, 0) is 30.2 Å². The first-order valence-corrected chi connectivity index (χ1v) is 3.84. The number of methoxy groups -OCH3 is 1. The van der Waals surface area contributed by atoms with Gasteiger partial charge in [0.25, 0.3) is 0 Å². The van der Waals surface area contributed by atoms with Gasteiger partial charge in [-0.3, -0.25) is 0 Å². The molecule has 1 rings (SSSR count). The standard InChI is InChI=1S/C11H12O/c1-4-5-10-6-9(2)7-11(8-10)12-3/h1,6-8H,5H2,2-3H3. The van der Waals surface area contributed by atoms with Crippen LogP contribution in [0.5, 0.6) is 5.75 Å². The number of rotatable bonds is 2. The van der Waals surface area contributed by atoms with Crippen molar-refractivity contribution < 1.29 is 4.74 Å². The predicted octanol–water partition coefficient (Wildman–Crippen LogP) is 2.18. The monoisotopic (exact) mass is 160 g/mol. The lowest BCUT2D eigenvalue weighted by atomic mass is 10.1. The third-order valence-electron chi connectivity index (χ3n) is 1.65. The molecule has 1 heteroatoms. The first kappa shape index (κ1) is 8.67. The van der Waals surface area contributed by atoms with E-state index in [9.17, 15) is 0 Å². The van der Waals surface area contributed by atoms with E-state index in [1.165, 1.54) is 5.56 Å². The Morgan fingerprint density at radius 3 is 2.75 bits per heavy atom. The van der Waals surface area contributed by atoms with Crippen molar-refractivity contribution in [3.63, 3.8) is 0 Å². The van der Waals surface area contributed by atoms with Crippen molar-refractivity contribution in [2.75, 3.05) is 7.11 Å². The SMILES string of the molecule is C#CCc1cc(C)cc(OC)c1. The van der Waals surface area contributed by atoms with Gasteiger partial charge in [0.2, 0.25) is 0 Å². The van der Waals surface area contributed by atoms with E-state index >= 15 is 0 Å². The van der Waals surface area contributed by atoms with E-state index in [-0.39, 0.29) is 0 Å². The number of aryl methyl sites for hydroxylation is 1. The first-order valence-electron chi connectivity index (χ1n) is 3.84. The van der Waals surface area contributed by atoms with Crippen LogP contribution in [0.1, 0.15) is 11.1 Å². The molecule has 0 fully saturated rings. The molecule has 1 nitrogen and oxygen atoms in total. The van der Waals surface area contributed by atoms with Crippen LogP contribution in [0.25, 0.3) is 0 Å². The average Bonchev–Trinajstić information content (AvgIpc) is 2.04. The number of terminal acetylenes is 1. The Bertz CT molecular complexity index is 307. The number of benzene rings is 1. The molecule has 0 aliphatic heterocycles. The molecule has 0 atom stereocenters. The van der Waals surface area contributed by atoms with Crippen molar-refractivity contribution in [2.45, 2.75) is 13.3 Å². The minimum Gasteiger partial charge on any atom is -0.497 e. The van der Waals surface area contributed by atoms with E-state index in [1.807, 2.05) is 19.1 Å². The van der Waals surface area contributed by atoms with Crippen LogP contribution in [0, 0.1) is 19.3 Å². The lowest BCUT2D eigenvalue weighted by molar-refractivity contribution is 0.414. The van der Waals surface area contributed by atoms with Gasteiger partial charge < -0.3 is 4.74 Å². The summed E-state index contributed by atoms with van der Waals surface area (Å²) in [7, 11) is 1.66. The fraction of sp³-hybridized carbons (Fsp3) is 0.273. The summed E-state index contributed by atoms with van der Waals surface area (Å²) in [5, 5.41) is 0. The minimum absolute atomic E-state index is 0.665. The zero-order chi connectivity index (χ0) is 8.97. The van der Waals surface area contributed by atoms with E-state index in [0.29, 0.717) is 6.42 Å². The van der Waals surface area contributed by atoms with E-state index in [1.54, 1.807) is 7.11 Å². The van der Waals surface area contributed by atoms with Gasteiger partial charge in [0.1, 0.15) is 5.75 Å². The predicted molar refractivity (Wildman–Crippen MR) is 50.3 cm³/mol. The molecule has 0 N–H and O–H groups in total. The molecule has 1 aromatic rings. The summed E-state index contributed by atoms with van der Waals surface area (Å²) >= 11 is 0. The highest BCUT2D eigenvalue weighted by Crippen LogP contribution is 2.16. The Kier molecular flexibility index (Phi) is 2.76. The van der Waals surface area contributed by atoms with Crippen LogP contribution in [0.4, 0.5) is 0 Å². The van der Waals surface area contributed by atoms with Gasteiger partial charge >= 0.3 is 0 Å². The third-order valence-corrected chi connectivity index (χ3v) is 1.65. The van der Waals surface area contributed by atoms with Crippen LogP contribution in [-0.4, -0.2) is 7.11 Å². The second-order valence-corrected chi connectivity index (χ2v) is 2.74. The largest absolute Gasteiger partial charge is 0.497 e. The Morgan fingerprint density at radius 2 is 2.17 bits per heavy atom. The van der Waals surface area contributed by atoms with Crippen molar-refractivity contribution in [3.8, 4) is 18.1 Å². The summed E-state index contributed by atoms with van der Waals surface area (Å²) in [4.78, 5) is 0. The summed E-state index contributed by atoms with van der Waals surface area (Å²) in [6.45, 7) is 2.03. The summed E-state index contributed by atoms with van der Waals surface area (Å²) in [6, 6.07) is 6.02. The second-order valence-electron chi connectivity index (χ2n) is 2.74. The topological polar surface area (TPSA) is 9.23 Å². The molecule has 0 spiro atoms. The molecule has 0 unspecified atom stereocenters. The molecule has 0 aliphatic rings. The van der Waals surface area contributed by atoms with Crippen LogP contribution in [-0.2, 0) is 6.42 Å². The van der Waals surface area contributed by atoms with Crippen molar-refractivity contribution in [3.05, 3.63) is 29.3 Å². The fourth-order valence-electron chi connectivity index (χ4n) is 1.16. The Hall–Kier alpha value is -1.42. The smallest absolute Gasteiger partial charge is 0.119 e. The van der Waals surface area contributed by atoms with E-state index in [0.717, 1.165) is 11.3 Å². The van der Waals surface area contributed by atoms with Crippen LogP contribution in [0.15, 0.2) is 18.2 Å². The maximum Gasteiger partial charge on any atom is 0.119 e. The molecule has 0 bridgehead atoms. The Balaban J connectivity index is 2.99. The quantitative estimate of drug-likeness (QED) is 0.602. The van der Waals surface area contributed by atoms with Crippen molar-refractivity contribution in [1.82, 2.24) is 0 Å². The van der Waals surface area contributed by atoms with Crippen LogP contribution < -0.4 is 4.74 Å². The van der Waals surface area contributed by atoms with Gasteiger partial charge in [0, 0.05) is 6.42 Å². The summed E-state index contributed by atoms with van der Waals surface area (Å²) in [5.41, 5.74) is 2.31. The number of hydrogen-bond donors (Lipinski definition) is 0. The maximum absolute atomic E-state index is 5.21. The lowest BCUT2D eigenvalue weighted by Gasteiger charge is -2.03. The summed E-state index contributed by atoms with van der Waals surface area (Å²) < 4.78 is 5.11. The third kappa shape index (κ3) is 2.03. The van der Waals surface area contributed by atoms with Crippen LogP contribution in [0.2, 0.25) is 0 Å². The van der Waals surface area contributed by atoms with Gasteiger partial charge in [0.15, 0.2) is 0 Å². The zero-order valence-electron chi connectivity index (χ0n) is 7.42. The highest BCUT2D eigenvalue weighted by atomic mass is 16.5. The molecule has 0 saturated heterocycles. The molecular formula is C11H12O. The lowest BCUT2D eigenvalue weighted by Crippen LogP contribution is -1.88. The molecule has 0 amide bonds. The highest BCUT2D eigenvalue weighted by Gasteiger charge is 1.96. The van der Waals surface area contributed by atoms with Crippen molar-refractivity contribution >= 4 is 0 Å². The minimum atomic E-state index is 0.665. The van der Waals surface area contributed by atoms with E-state index < -0.39 is 0 Å². The van der Waals surface area contributed by atoms with Gasteiger partial charge in [-0.1, -0.05) is 6.07 Å². The Morgan fingerprint density at radius 1 is 1.42 bits per heavy atom. The van der Waals surface area contributed by atoms with Crippen molar-refractivity contribution in [2.24, 2.45) is 0 Å². The summed E-state index contributed by atoms with van der Waals surface area (Å²) in [6.07, 6.45) is 5.88. The molecule has 0 saturated carbocycles. The van der Waals surface area contributed by atoms with Gasteiger partial charge in [-0.25, -0.2) is 0 Å². The normalized spacial score (nSPS) is 9.08. The molecular weight excluding hydrogens is 148 g/mol. The molecule has 12 heavy (non-hydrogen) atoms. The van der Waals surface area contributed by atoms with Crippen LogP contribution in [0.3, 0.4) is 0 Å². The average molecular weight is 160 g/mol. The molecule has 62 valence electrons. The fourth-order valence-corrected chi connectivity index (χ4v) is 1.16. The number of hydrogen-bond acceptors (Lipinski definition) is 1. The maximum atomic E-state index is 5.21. The molecule has 0 aromatic heterocycles.